The topological polar surface area (TPSA) is 124 Å². The van der Waals surface area contributed by atoms with Gasteiger partial charge in [-0.15, -0.1) is 10.2 Å². The number of rotatable bonds is 6. The van der Waals surface area contributed by atoms with Crippen molar-refractivity contribution >= 4 is 11.8 Å². The van der Waals surface area contributed by atoms with Crippen molar-refractivity contribution in [3.05, 3.63) is 100 Å². The van der Waals surface area contributed by atoms with E-state index in [-0.39, 0.29) is 12.1 Å². The van der Waals surface area contributed by atoms with Gasteiger partial charge in [-0.3, -0.25) is 25.2 Å². The van der Waals surface area contributed by atoms with Gasteiger partial charge in [-0.2, -0.15) is 4.80 Å². The predicted molar refractivity (Wildman–Crippen MR) is 115 cm³/mol. The zero-order valence-electron chi connectivity index (χ0n) is 16.9. The number of nitrogens with one attached hydrogen (secondary N) is 2. The van der Waals surface area contributed by atoms with Crippen molar-refractivity contribution in [2.24, 2.45) is 0 Å². The molecule has 0 fully saturated rings. The van der Waals surface area contributed by atoms with E-state index in [1.807, 2.05) is 30.3 Å². The van der Waals surface area contributed by atoms with Crippen LogP contribution in [-0.4, -0.2) is 36.6 Å². The van der Waals surface area contributed by atoms with Crippen LogP contribution in [0.2, 0.25) is 0 Å². The molecule has 0 bridgehead atoms. The van der Waals surface area contributed by atoms with Gasteiger partial charge in [0.1, 0.15) is 6.54 Å². The number of nitrogens with zero attached hydrogens (tertiary/aromatic N) is 5. The maximum Gasteiger partial charge on any atom is 0.269 e. The highest BCUT2D eigenvalue weighted by atomic mass is 16.2. The van der Waals surface area contributed by atoms with E-state index in [9.17, 15) is 14.4 Å². The number of carbonyl (C=O) groups is 2. The molecule has 160 valence electrons. The first-order chi connectivity index (χ1) is 15.6. The highest BCUT2D eigenvalue weighted by Gasteiger charge is 2.10. The van der Waals surface area contributed by atoms with Crippen molar-refractivity contribution in [2.75, 3.05) is 0 Å². The molecule has 2 aromatic carbocycles. The van der Waals surface area contributed by atoms with Gasteiger partial charge >= 0.3 is 0 Å². The molecule has 4 rings (SSSR count). The van der Waals surface area contributed by atoms with Gasteiger partial charge in [-0.05, 0) is 29.0 Å². The standard InChI is InChI=1S/C22H19N7O3/c30-19(15-28-13-5-4-8-20(28)31)23-25-22(32)18-11-9-16(10-12-18)14-29-26-21(24-27-29)17-6-2-1-3-7-17/h1-13H,14-15H2,(H,23,30)(H,25,32). The molecule has 0 radical (unpaired) electrons. The molecule has 0 spiro atoms. The van der Waals surface area contributed by atoms with Crippen LogP contribution in [0.4, 0.5) is 0 Å². The highest BCUT2D eigenvalue weighted by Crippen LogP contribution is 2.12. The Hall–Kier alpha value is -4.60. The third kappa shape index (κ3) is 5.11. The molecule has 2 N–H and O–H groups in total. The zero-order chi connectivity index (χ0) is 22.3. The second-order valence-corrected chi connectivity index (χ2v) is 6.88. The molecule has 10 heteroatoms. The number of aromatic nitrogens is 5. The van der Waals surface area contributed by atoms with Crippen molar-refractivity contribution < 1.29 is 9.59 Å². The third-order valence-corrected chi connectivity index (χ3v) is 4.55. The van der Waals surface area contributed by atoms with E-state index < -0.39 is 11.8 Å². The Balaban J connectivity index is 1.31. The molecule has 0 unspecified atom stereocenters. The Morgan fingerprint density at radius 1 is 0.875 bits per heavy atom. The number of tetrazole rings is 1. The van der Waals surface area contributed by atoms with Crippen LogP contribution in [0.25, 0.3) is 11.4 Å². The van der Waals surface area contributed by atoms with Gasteiger partial charge in [0.05, 0.1) is 6.54 Å². The Kier molecular flexibility index (Phi) is 6.12. The van der Waals surface area contributed by atoms with E-state index in [1.165, 1.54) is 21.6 Å². The summed E-state index contributed by atoms with van der Waals surface area (Å²) in [6.07, 6.45) is 1.50. The normalized spacial score (nSPS) is 10.5. The summed E-state index contributed by atoms with van der Waals surface area (Å²) in [5.74, 6) is -0.458. The van der Waals surface area contributed by atoms with Gasteiger partial charge in [0.15, 0.2) is 0 Å². The molecular weight excluding hydrogens is 410 g/mol. The average molecular weight is 429 g/mol. The largest absolute Gasteiger partial charge is 0.306 e. The molecule has 0 atom stereocenters. The van der Waals surface area contributed by atoms with E-state index in [2.05, 4.69) is 26.3 Å². The summed E-state index contributed by atoms with van der Waals surface area (Å²) in [4.78, 5) is 37.3. The van der Waals surface area contributed by atoms with Crippen molar-refractivity contribution in [2.45, 2.75) is 13.1 Å². The SMILES string of the molecule is O=C(Cn1ccccc1=O)NNC(=O)c1ccc(Cn2nnc(-c3ccccc3)n2)cc1. The first kappa shape index (κ1) is 20.7. The average Bonchev–Trinajstić information content (AvgIpc) is 3.28. The van der Waals surface area contributed by atoms with Crippen molar-refractivity contribution in [1.29, 1.82) is 0 Å². The second kappa shape index (κ2) is 9.47. The van der Waals surface area contributed by atoms with Gasteiger partial charge in [0.2, 0.25) is 5.82 Å². The van der Waals surface area contributed by atoms with E-state index in [0.29, 0.717) is 17.9 Å². The van der Waals surface area contributed by atoms with Gasteiger partial charge in [-0.1, -0.05) is 48.5 Å². The molecular formula is C22H19N7O3. The van der Waals surface area contributed by atoms with E-state index in [1.54, 1.807) is 36.4 Å². The molecule has 0 aliphatic heterocycles. The first-order valence-corrected chi connectivity index (χ1v) is 9.75. The molecule has 2 amide bonds. The smallest absolute Gasteiger partial charge is 0.269 e. The molecule has 0 aliphatic carbocycles. The fourth-order valence-electron chi connectivity index (χ4n) is 2.92. The number of pyridine rings is 1. The molecule has 2 aromatic heterocycles. The van der Waals surface area contributed by atoms with Crippen LogP contribution in [0.3, 0.4) is 0 Å². The third-order valence-electron chi connectivity index (χ3n) is 4.55. The fraction of sp³-hybridized carbons (Fsp3) is 0.0909. The van der Waals surface area contributed by atoms with Crippen LogP contribution >= 0.6 is 0 Å². The van der Waals surface area contributed by atoms with E-state index in [0.717, 1.165) is 11.1 Å². The Labute approximate surface area is 182 Å². The van der Waals surface area contributed by atoms with Gasteiger partial charge in [-0.25, -0.2) is 0 Å². The van der Waals surface area contributed by atoms with Crippen molar-refractivity contribution in [3.8, 4) is 11.4 Å². The van der Waals surface area contributed by atoms with Gasteiger partial charge in [0, 0.05) is 23.4 Å². The maximum absolute atomic E-state index is 12.3. The molecule has 10 nitrogen and oxygen atoms in total. The lowest BCUT2D eigenvalue weighted by molar-refractivity contribution is -0.122. The number of hydrazine groups is 1. The van der Waals surface area contributed by atoms with Crippen LogP contribution in [0.15, 0.2) is 83.8 Å². The minimum absolute atomic E-state index is 0.200. The van der Waals surface area contributed by atoms with Crippen molar-refractivity contribution in [1.82, 2.24) is 35.6 Å². The number of hydrogen-bond donors (Lipinski definition) is 2. The summed E-state index contributed by atoms with van der Waals surface area (Å²) in [5, 5.41) is 12.5. The quantitative estimate of drug-likeness (QED) is 0.441. The van der Waals surface area contributed by atoms with E-state index >= 15 is 0 Å². The molecule has 0 aliphatic rings. The predicted octanol–water partition coefficient (Wildman–Crippen LogP) is 1.01. The van der Waals surface area contributed by atoms with Gasteiger partial charge in [0.25, 0.3) is 17.4 Å². The number of benzene rings is 2. The lowest BCUT2D eigenvalue weighted by Gasteiger charge is -2.09. The molecule has 2 heterocycles. The van der Waals surface area contributed by atoms with E-state index in [4.69, 9.17) is 0 Å². The lowest BCUT2D eigenvalue weighted by Crippen LogP contribution is -2.44. The highest BCUT2D eigenvalue weighted by molar-refractivity contribution is 5.95. The molecule has 0 saturated carbocycles. The van der Waals surface area contributed by atoms with Crippen LogP contribution in [0.5, 0.6) is 0 Å². The van der Waals surface area contributed by atoms with Crippen molar-refractivity contribution in [3.63, 3.8) is 0 Å². The molecule has 0 saturated heterocycles. The summed E-state index contributed by atoms with van der Waals surface area (Å²) in [5.41, 5.74) is 6.45. The number of carbonyl (C=O) groups excluding carboxylic acids is 2. The molecule has 32 heavy (non-hydrogen) atoms. The minimum Gasteiger partial charge on any atom is -0.306 e. The molecule has 4 aromatic rings. The van der Waals surface area contributed by atoms with Crippen LogP contribution in [-0.2, 0) is 17.9 Å². The summed E-state index contributed by atoms with van der Waals surface area (Å²) < 4.78 is 1.23. The lowest BCUT2D eigenvalue weighted by atomic mass is 10.1. The summed E-state index contributed by atoms with van der Waals surface area (Å²) in [7, 11) is 0. The van der Waals surface area contributed by atoms with Crippen LogP contribution in [0, 0.1) is 0 Å². The number of amides is 2. The first-order valence-electron chi connectivity index (χ1n) is 9.75. The second-order valence-electron chi connectivity index (χ2n) is 6.88. The summed E-state index contributed by atoms with van der Waals surface area (Å²) in [6, 6.07) is 20.9. The number of hydrogen-bond acceptors (Lipinski definition) is 6. The summed E-state index contributed by atoms with van der Waals surface area (Å²) >= 11 is 0. The minimum atomic E-state index is -0.519. The fourth-order valence-corrected chi connectivity index (χ4v) is 2.92. The Bertz CT molecular complexity index is 1280. The Morgan fingerprint density at radius 3 is 2.38 bits per heavy atom. The summed E-state index contributed by atoms with van der Waals surface area (Å²) in [6.45, 7) is 0.194. The monoisotopic (exact) mass is 429 g/mol. The maximum atomic E-state index is 12.3. The Morgan fingerprint density at radius 2 is 1.62 bits per heavy atom. The zero-order valence-corrected chi connectivity index (χ0v) is 16.9. The van der Waals surface area contributed by atoms with Crippen LogP contribution in [0.1, 0.15) is 15.9 Å². The van der Waals surface area contributed by atoms with Crippen LogP contribution < -0.4 is 16.4 Å². The van der Waals surface area contributed by atoms with Gasteiger partial charge < -0.3 is 4.57 Å².